The lowest BCUT2D eigenvalue weighted by molar-refractivity contribution is 0.0696. The van der Waals surface area contributed by atoms with Crippen molar-refractivity contribution < 1.29 is 24.2 Å². The maximum Gasteiger partial charge on any atom is 0.335 e. The summed E-state index contributed by atoms with van der Waals surface area (Å²) in [5.41, 5.74) is 0.163. The van der Waals surface area contributed by atoms with Crippen molar-refractivity contribution in [3.8, 4) is 11.5 Å². The lowest BCUT2D eigenvalue weighted by Crippen LogP contribution is -2.20. The second-order valence-electron chi connectivity index (χ2n) is 3.52. The van der Waals surface area contributed by atoms with Crippen molar-refractivity contribution in [1.29, 1.82) is 0 Å². The van der Waals surface area contributed by atoms with E-state index >= 15 is 0 Å². The van der Waals surface area contributed by atoms with E-state index in [1.807, 2.05) is 0 Å². The van der Waals surface area contributed by atoms with E-state index in [1.54, 1.807) is 7.05 Å². The molecule has 0 bridgehead atoms. The normalized spacial score (nSPS) is 9.94. The Bertz CT molecular complexity index is 470. The second kappa shape index (κ2) is 6.02. The Morgan fingerprint density at radius 2 is 1.94 bits per heavy atom. The molecule has 98 valence electrons. The van der Waals surface area contributed by atoms with Crippen LogP contribution in [0.1, 0.15) is 20.7 Å². The van der Waals surface area contributed by atoms with Gasteiger partial charge in [-0.1, -0.05) is 0 Å². The largest absolute Gasteiger partial charge is 0.493 e. The maximum atomic E-state index is 11.9. The summed E-state index contributed by atoms with van der Waals surface area (Å²) < 4.78 is 10.1. The average molecular weight is 253 g/mol. The Kier molecular flexibility index (Phi) is 4.67. The lowest BCUT2D eigenvalue weighted by atomic mass is 10.0. The van der Waals surface area contributed by atoms with Crippen LogP contribution in [0, 0.1) is 0 Å². The zero-order valence-electron chi connectivity index (χ0n) is 10.4. The molecule has 1 aromatic rings. The Morgan fingerprint density at radius 3 is 2.39 bits per heavy atom. The first-order chi connectivity index (χ1) is 8.54. The third-order valence-electron chi connectivity index (χ3n) is 2.36. The molecule has 0 aliphatic rings. The van der Waals surface area contributed by atoms with Crippen molar-refractivity contribution >= 4 is 11.8 Å². The van der Waals surface area contributed by atoms with E-state index < -0.39 is 5.97 Å². The summed E-state index contributed by atoms with van der Waals surface area (Å²) in [6.45, 7) is 0.0859. The highest BCUT2D eigenvalue weighted by Gasteiger charge is 2.20. The van der Waals surface area contributed by atoms with E-state index in [1.165, 1.54) is 26.4 Å². The molecule has 6 heteroatoms. The predicted octanol–water partition coefficient (Wildman–Crippen LogP) is 0.804. The lowest BCUT2D eigenvalue weighted by Gasteiger charge is -2.13. The van der Waals surface area contributed by atoms with Crippen LogP contribution in [0.15, 0.2) is 12.1 Å². The molecule has 0 heterocycles. The number of ether oxygens (including phenoxy) is 2. The molecule has 0 aliphatic carbocycles. The van der Waals surface area contributed by atoms with Gasteiger partial charge in [0.25, 0.3) is 0 Å². The number of methoxy groups -OCH3 is 2. The minimum absolute atomic E-state index is 0.0212. The number of nitrogens with one attached hydrogen (secondary N) is 1. The van der Waals surface area contributed by atoms with Crippen LogP contribution >= 0.6 is 0 Å². The summed E-state index contributed by atoms with van der Waals surface area (Å²) in [5.74, 6) is -0.940. The summed E-state index contributed by atoms with van der Waals surface area (Å²) in [5, 5.41) is 11.7. The molecule has 6 nitrogen and oxygen atoms in total. The highest BCUT2D eigenvalue weighted by Crippen LogP contribution is 2.32. The molecule has 0 saturated carbocycles. The van der Waals surface area contributed by atoms with E-state index in [-0.39, 0.29) is 35.0 Å². The van der Waals surface area contributed by atoms with Gasteiger partial charge in [-0.15, -0.1) is 0 Å². The van der Waals surface area contributed by atoms with Crippen molar-refractivity contribution in [2.75, 3.05) is 27.8 Å². The van der Waals surface area contributed by atoms with Crippen LogP contribution in [0.3, 0.4) is 0 Å². The van der Waals surface area contributed by atoms with Crippen LogP contribution in [0.5, 0.6) is 11.5 Å². The highest BCUT2D eigenvalue weighted by molar-refractivity contribution is 6.03. The van der Waals surface area contributed by atoms with Crippen molar-refractivity contribution in [1.82, 2.24) is 5.32 Å². The Hall–Kier alpha value is -2.08. The molecule has 0 amide bonds. The zero-order valence-corrected chi connectivity index (χ0v) is 10.4. The molecule has 1 rings (SSSR count). The summed E-state index contributed by atoms with van der Waals surface area (Å²) >= 11 is 0. The van der Waals surface area contributed by atoms with Crippen LogP contribution in [0.4, 0.5) is 0 Å². The van der Waals surface area contributed by atoms with Gasteiger partial charge in [-0.2, -0.15) is 0 Å². The number of benzene rings is 1. The highest BCUT2D eigenvalue weighted by atomic mass is 16.5. The Balaban J connectivity index is 3.40. The number of ketones is 1. The first kappa shape index (κ1) is 14.0. The monoisotopic (exact) mass is 253 g/mol. The topological polar surface area (TPSA) is 84.9 Å². The standard InChI is InChI=1S/C12H15NO5/c1-13-6-9(14)8-4-7(12(15)16)5-10(17-2)11(8)18-3/h4-5,13H,6H2,1-3H3,(H,15,16). The third-order valence-corrected chi connectivity index (χ3v) is 2.36. The Morgan fingerprint density at radius 1 is 1.28 bits per heavy atom. The number of likely N-dealkylation sites (N-methyl/N-ethyl adjacent to an activating group) is 1. The number of hydrogen-bond acceptors (Lipinski definition) is 5. The molecule has 0 radical (unpaired) electrons. The van der Waals surface area contributed by atoms with Gasteiger partial charge in [0.2, 0.25) is 0 Å². The second-order valence-corrected chi connectivity index (χ2v) is 3.52. The van der Waals surface area contributed by atoms with E-state index in [9.17, 15) is 9.59 Å². The fraction of sp³-hybridized carbons (Fsp3) is 0.333. The van der Waals surface area contributed by atoms with Crippen LogP contribution in [0.2, 0.25) is 0 Å². The number of aromatic carboxylic acids is 1. The zero-order chi connectivity index (χ0) is 13.7. The molecule has 0 aromatic heterocycles. The number of Topliss-reactive ketones (excluding diaryl/α,β-unsaturated/α-hetero) is 1. The molecular weight excluding hydrogens is 238 g/mol. The molecule has 0 aliphatic heterocycles. The number of carboxylic acid groups (broad SMARTS) is 1. The molecule has 0 atom stereocenters. The van der Waals surface area contributed by atoms with Gasteiger partial charge < -0.3 is 19.9 Å². The van der Waals surface area contributed by atoms with E-state index in [2.05, 4.69) is 5.32 Å². The van der Waals surface area contributed by atoms with Gasteiger partial charge in [0.15, 0.2) is 17.3 Å². The fourth-order valence-corrected chi connectivity index (χ4v) is 1.55. The smallest absolute Gasteiger partial charge is 0.335 e. The van der Waals surface area contributed by atoms with Gasteiger partial charge in [-0.25, -0.2) is 4.79 Å². The quantitative estimate of drug-likeness (QED) is 0.729. The summed E-state index contributed by atoms with van der Waals surface area (Å²) in [6, 6.07) is 2.60. The van der Waals surface area contributed by atoms with Crippen molar-refractivity contribution in [3.63, 3.8) is 0 Å². The molecule has 0 saturated heterocycles. The molecule has 0 spiro atoms. The number of rotatable bonds is 6. The SMILES string of the molecule is CNCC(=O)c1cc(C(=O)O)cc(OC)c1OC. The molecule has 18 heavy (non-hydrogen) atoms. The number of carbonyl (C=O) groups is 2. The van der Waals surface area contributed by atoms with E-state index in [0.717, 1.165) is 0 Å². The van der Waals surface area contributed by atoms with Crippen LogP contribution in [0.25, 0.3) is 0 Å². The van der Waals surface area contributed by atoms with Crippen LogP contribution in [-0.2, 0) is 0 Å². The molecule has 1 aromatic carbocycles. The van der Waals surface area contributed by atoms with Gasteiger partial charge in [-0.05, 0) is 19.2 Å². The molecular formula is C12H15NO5. The first-order valence-corrected chi connectivity index (χ1v) is 5.22. The van der Waals surface area contributed by atoms with Gasteiger partial charge in [0.1, 0.15) is 0 Å². The number of hydrogen-bond donors (Lipinski definition) is 2. The van der Waals surface area contributed by atoms with Crippen molar-refractivity contribution in [2.24, 2.45) is 0 Å². The average Bonchev–Trinajstić information content (AvgIpc) is 2.37. The van der Waals surface area contributed by atoms with Gasteiger partial charge >= 0.3 is 5.97 Å². The van der Waals surface area contributed by atoms with Crippen molar-refractivity contribution in [3.05, 3.63) is 23.3 Å². The fourth-order valence-electron chi connectivity index (χ4n) is 1.55. The molecule has 0 fully saturated rings. The maximum absolute atomic E-state index is 11.9. The number of carboxylic acids is 1. The summed E-state index contributed by atoms with van der Waals surface area (Å²) in [7, 11) is 4.41. The van der Waals surface area contributed by atoms with Crippen molar-refractivity contribution in [2.45, 2.75) is 0 Å². The van der Waals surface area contributed by atoms with Gasteiger partial charge in [0, 0.05) is 0 Å². The van der Waals surface area contributed by atoms with E-state index in [0.29, 0.717) is 0 Å². The summed E-state index contributed by atoms with van der Waals surface area (Å²) in [6.07, 6.45) is 0. The minimum atomic E-state index is -1.13. The minimum Gasteiger partial charge on any atom is -0.493 e. The third kappa shape index (κ3) is 2.78. The van der Waals surface area contributed by atoms with Gasteiger partial charge in [-0.3, -0.25) is 4.79 Å². The van der Waals surface area contributed by atoms with E-state index in [4.69, 9.17) is 14.6 Å². The summed E-state index contributed by atoms with van der Waals surface area (Å²) in [4.78, 5) is 22.9. The molecule has 0 unspecified atom stereocenters. The van der Waals surface area contributed by atoms with Gasteiger partial charge in [0.05, 0.1) is 31.9 Å². The number of carbonyl (C=O) groups excluding carboxylic acids is 1. The van der Waals surface area contributed by atoms with Crippen LogP contribution in [-0.4, -0.2) is 44.7 Å². The molecule has 2 N–H and O–H groups in total. The Labute approximate surface area is 105 Å². The first-order valence-electron chi connectivity index (χ1n) is 5.22. The van der Waals surface area contributed by atoms with Crippen LogP contribution < -0.4 is 14.8 Å². The predicted molar refractivity (Wildman–Crippen MR) is 64.8 cm³/mol.